The van der Waals surface area contributed by atoms with Crippen LogP contribution in [-0.2, 0) is 9.59 Å². The second-order valence-electron chi connectivity index (χ2n) is 10.9. The van der Waals surface area contributed by atoms with Crippen molar-refractivity contribution in [2.24, 2.45) is 17.3 Å². The number of anilines is 1. The van der Waals surface area contributed by atoms with E-state index in [0.29, 0.717) is 24.7 Å². The smallest absolute Gasteiger partial charge is 0.161 e. The Labute approximate surface area is 191 Å². The standard InChI is InChI=1S/C28H35NO3/c1-17(30)28(32)14-13-25-23-11-7-19-15-21(31)10-12-22(19)26(23)24(16-27(25,28)2)18-5-8-20(9-6-18)29(3)4/h5-6,8-9,15,23-25,32H,7,10-14,16H2,1-4H3/t23-,24-,25+,27+,28+/m1/s1. The van der Waals surface area contributed by atoms with Gasteiger partial charge in [0.15, 0.2) is 11.6 Å². The fourth-order valence-corrected chi connectivity index (χ4v) is 7.55. The molecule has 0 saturated heterocycles. The minimum atomic E-state index is -1.24. The minimum absolute atomic E-state index is 0.0834. The molecule has 0 aromatic heterocycles. The molecule has 32 heavy (non-hydrogen) atoms. The van der Waals surface area contributed by atoms with Gasteiger partial charge in [0.05, 0.1) is 0 Å². The predicted molar refractivity (Wildman–Crippen MR) is 127 cm³/mol. The van der Waals surface area contributed by atoms with Crippen molar-refractivity contribution < 1.29 is 14.7 Å². The molecule has 1 N–H and O–H groups in total. The summed E-state index contributed by atoms with van der Waals surface area (Å²) in [5.41, 5.74) is 4.91. The molecule has 4 nitrogen and oxygen atoms in total. The van der Waals surface area contributed by atoms with Crippen molar-refractivity contribution in [3.05, 3.63) is 52.6 Å². The van der Waals surface area contributed by atoms with Gasteiger partial charge in [0.1, 0.15) is 5.60 Å². The van der Waals surface area contributed by atoms with Gasteiger partial charge in [-0.25, -0.2) is 0 Å². The lowest BCUT2D eigenvalue weighted by molar-refractivity contribution is -0.152. The number of fused-ring (bicyclic) bond motifs is 4. The lowest BCUT2D eigenvalue weighted by Crippen LogP contribution is -2.55. The van der Waals surface area contributed by atoms with Gasteiger partial charge in [0.2, 0.25) is 0 Å². The van der Waals surface area contributed by atoms with Gasteiger partial charge in [0.25, 0.3) is 0 Å². The van der Waals surface area contributed by atoms with E-state index in [1.165, 1.54) is 22.3 Å². The highest BCUT2D eigenvalue weighted by Crippen LogP contribution is 2.66. The third-order valence-electron chi connectivity index (χ3n) is 9.28. The van der Waals surface area contributed by atoms with E-state index in [4.69, 9.17) is 0 Å². The van der Waals surface area contributed by atoms with E-state index in [1.807, 2.05) is 20.2 Å². The van der Waals surface area contributed by atoms with Crippen molar-refractivity contribution in [2.45, 2.75) is 70.3 Å². The van der Waals surface area contributed by atoms with Crippen LogP contribution in [0.4, 0.5) is 5.69 Å². The van der Waals surface area contributed by atoms with Crippen LogP contribution < -0.4 is 4.90 Å². The lowest BCUT2D eigenvalue weighted by atomic mass is 9.51. The van der Waals surface area contributed by atoms with Crippen molar-refractivity contribution in [3.63, 3.8) is 0 Å². The molecule has 0 amide bonds. The molecule has 0 radical (unpaired) electrons. The van der Waals surface area contributed by atoms with E-state index in [9.17, 15) is 14.7 Å². The van der Waals surface area contributed by atoms with Crippen LogP contribution in [0.5, 0.6) is 0 Å². The zero-order valence-corrected chi connectivity index (χ0v) is 19.8. The Kier molecular flexibility index (Phi) is 5.01. The first-order chi connectivity index (χ1) is 15.2. The quantitative estimate of drug-likeness (QED) is 0.731. The van der Waals surface area contributed by atoms with Gasteiger partial charge in [-0.15, -0.1) is 0 Å². The third-order valence-corrected chi connectivity index (χ3v) is 9.28. The maximum atomic E-state index is 12.7. The molecule has 4 aliphatic rings. The molecule has 0 bridgehead atoms. The average molecular weight is 434 g/mol. The Morgan fingerprint density at radius 1 is 1.09 bits per heavy atom. The molecule has 170 valence electrons. The summed E-state index contributed by atoms with van der Waals surface area (Å²) in [4.78, 5) is 27.0. The number of allylic oxidation sites excluding steroid dienone is 4. The second kappa shape index (κ2) is 7.41. The second-order valence-corrected chi connectivity index (χ2v) is 10.9. The molecule has 5 atom stereocenters. The number of benzene rings is 1. The van der Waals surface area contributed by atoms with Crippen molar-refractivity contribution in [1.29, 1.82) is 0 Å². The fraction of sp³-hybridized carbons (Fsp3) is 0.571. The van der Waals surface area contributed by atoms with Gasteiger partial charge in [-0.05, 0) is 92.2 Å². The Hall–Kier alpha value is -2.20. The van der Waals surface area contributed by atoms with Crippen LogP contribution in [0.3, 0.4) is 0 Å². The molecule has 4 heteroatoms. The minimum Gasteiger partial charge on any atom is -0.382 e. The predicted octanol–water partition coefficient (Wildman–Crippen LogP) is 4.97. The summed E-state index contributed by atoms with van der Waals surface area (Å²) < 4.78 is 0. The zero-order valence-electron chi connectivity index (χ0n) is 19.8. The molecule has 4 aliphatic carbocycles. The fourth-order valence-electron chi connectivity index (χ4n) is 7.55. The number of aliphatic hydroxyl groups is 1. The van der Waals surface area contributed by atoms with Crippen LogP contribution >= 0.6 is 0 Å². The van der Waals surface area contributed by atoms with Crippen LogP contribution in [0.25, 0.3) is 0 Å². The molecule has 2 fully saturated rings. The number of nitrogens with zero attached hydrogens (tertiary/aromatic N) is 1. The van der Waals surface area contributed by atoms with Gasteiger partial charge in [0, 0.05) is 37.5 Å². The summed E-state index contributed by atoms with van der Waals surface area (Å²) in [5, 5.41) is 11.6. The van der Waals surface area contributed by atoms with Crippen LogP contribution in [0, 0.1) is 17.3 Å². The highest BCUT2D eigenvalue weighted by atomic mass is 16.3. The van der Waals surface area contributed by atoms with Crippen LogP contribution in [-0.4, -0.2) is 36.4 Å². The first-order valence-corrected chi connectivity index (χ1v) is 12.1. The number of carbonyl (C=O) groups excluding carboxylic acids is 2. The van der Waals surface area contributed by atoms with Gasteiger partial charge in [-0.3, -0.25) is 9.59 Å². The normalized spacial score (nSPS) is 36.2. The average Bonchev–Trinajstić information content (AvgIpc) is 3.04. The van der Waals surface area contributed by atoms with Gasteiger partial charge in [-0.1, -0.05) is 24.6 Å². The number of hydrogen-bond donors (Lipinski definition) is 1. The molecular weight excluding hydrogens is 398 g/mol. The molecule has 5 rings (SSSR count). The Morgan fingerprint density at radius 2 is 1.81 bits per heavy atom. The van der Waals surface area contributed by atoms with Crippen LogP contribution in [0.15, 0.2) is 47.1 Å². The number of carbonyl (C=O) groups is 2. The summed E-state index contributed by atoms with van der Waals surface area (Å²) in [7, 11) is 4.09. The van der Waals surface area contributed by atoms with E-state index < -0.39 is 11.0 Å². The SMILES string of the molecule is CC(=O)[C@@]1(O)CC[C@H]2[C@H]3CCC4=CC(=O)CCC4=C3[C@@H](c3ccc(N(C)C)cc3)C[C@@]21C. The maximum Gasteiger partial charge on any atom is 0.161 e. The lowest BCUT2D eigenvalue weighted by Gasteiger charge is -2.54. The molecule has 1 aromatic carbocycles. The van der Waals surface area contributed by atoms with E-state index >= 15 is 0 Å². The monoisotopic (exact) mass is 433 g/mol. The third kappa shape index (κ3) is 2.98. The van der Waals surface area contributed by atoms with Gasteiger partial charge >= 0.3 is 0 Å². The van der Waals surface area contributed by atoms with Crippen LogP contribution in [0.1, 0.15) is 70.3 Å². The molecular formula is C28H35NO3. The molecule has 2 saturated carbocycles. The number of ketones is 2. The first kappa shape index (κ1) is 21.6. The van der Waals surface area contributed by atoms with E-state index in [1.54, 1.807) is 6.92 Å². The summed E-state index contributed by atoms with van der Waals surface area (Å²) in [6.45, 7) is 3.74. The summed E-state index contributed by atoms with van der Waals surface area (Å²) in [6.07, 6.45) is 7.53. The van der Waals surface area contributed by atoms with E-state index in [2.05, 4.69) is 36.1 Å². The van der Waals surface area contributed by atoms with E-state index in [0.717, 1.165) is 37.8 Å². The highest BCUT2D eigenvalue weighted by Gasteiger charge is 2.64. The topological polar surface area (TPSA) is 57.6 Å². The summed E-state index contributed by atoms with van der Waals surface area (Å²) in [5.74, 6) is 1.03. The Balaban J connectivity index is 1.67. The molecule has 0 heterocycles. The van der Waals surface area contributed by atoms with E-state index in [-0.39, 0.29) is 17.5 Å². The summed E-state index contributed by atoms with van der Waals surface area (Å²) in [6, 6.07) is 8.78. The van der Waals surface area contributed by atoms with Crippen molar-refractivity contribution >= 4 is 17.3 Å². The van der Waals surface area contributed by atoms with Crippen LogP contribution in [0.2, 0.25) is 0 Å². The maximum absolute atomic E-state index is 12.7. The highest BCUT2D eigenvalue weighted by molar-refractivity contribution is 5.93. The molecule has 0 spiro atoms. The zero-order chi connectivity index (χ0) is 22.8. The molecule has 0 unspecified atom stereocenters. The van der Waals surface area contributed by atoms with Crippen molar-refractivity contribution in [2.75, 3.05) is 19.0 Å². The Bertz CT molecular complexity index is 1030. The van der Waals surface area contributed by atoms with Gasteiger partial charge < -0.3 is 10.0 Å². The number of Topliss-reactive ketones (excluding diaryl/α,β-unsaturated/α-hetero) is 1. The molecule has 0 aliphatic heterocycles. The summed E-state index contributed by atoms with van der Waals surface area (Å²) >= 11 is 0. The largest absolute Gasteiger partial charge is 0.382 e. The van der Waals surface area contributed by atoms with Gasteiger partial charge in [-0.2, -0.15) is 0 Å². The first-order valence-electron chi connectivity index (χ1n) is 12.1. The molecule has 1 aromatic rings. The Morgan fingerprint density at radius 3 is 2.47 bits per heavy atom. The number of hydrogen-bond acceptors (Lipinski definition) is 4. The van der Waals surface area contributed by atoms with Crippen molar-refractivity contribution in [3.8, 4) is 0 Å². The number of rotatable bonds is 3. The van der Waals surface area contributed by atoms with Crippen molar-refractivity contribution in [1.82, 2.24) is 0 Å².